The van der Waals surface area contributed by atoms with Crippen LogP contribution in [0, 0.1) is 0 Å². The van der Waals surface area contributed by atoms with Crippen molar-refractivity contribution in [2.75, 3.05) is 6.61 Å². The molecule has 0 radical (unpaired) electrons. The molecule has 14 heavy (non-hydrogen) atoms. The molecule has 0 heterocycles. The fraction of sp³-hybridized carbons (Fsp3) is 0.300. The quantitative estimate of drug-likeness (QED) is 0.569. The molecule has 0 aliphatic heterocycles. The molecule has 0 spiro atoms. The predicted molar refractivity (Wildman–Crippen MR) is 53.8 cm³/mol. The fourth-order valence-electron chi connectivity index (χ4n) is 0.874. The van der Waals surface area contributed by atoms with Crippen molar-refractivity contribution in [3.63, 3.8) is 0 Å². The van der Waals surface area contributed by atoms with Crippen molar-refractivity contribution in [2.45, 2.75) is 17.3 Å². The zero-order valence-corrected chi connectivity index (χ0v) is 8.59. The Kier molecular flexibility index (Phi) is 4.46. The third-order valence-electron chi connectivity index (χ3n) is 1.45. The van der Waals surface area contributed by atoms with Gasteiger partial charge in [0.2, 0.25) is 5.50 Å². The van der Waals surface area contributed by atoms with Crippen molar-refractivity contribution in [1.82, 2.24) is 0 Å². The van der Waals surface area contributed by atoms with Crippen molar-refractivity contribution >= 4 is 17.7 Å². The summed E-state index contributed by atoms with van der Waals surface area (Å²) in [7, 11) is 0. The van der Waals surface area contributed by atoms with E-state index in [1.54, 1.807) is 31.2 Å². The number of halogens is 1. The zero-order chi connectivity index (χ0) is 10.4. The molecular weight excluding hydrogens is 203 g/mol. The molecule has 0 bridgehead atoms. The third-order valence-corrected chi connectivity index (χ3v) is 2.40. The van der Waals surface area contributed by atoms with E-state index in [0.717, 1.165) is 11.8 Å². The Bertz CT molecular complexity index is 289. The molecule has 4 heteroatoms. The van der Waals surface area contributed by atoms with Gasteiger partial charge in [0.05, 0.1) is 6.61 Å². The number of rotatable bonds is 4. The van der Waals surface area contributed by atoms with E-state index < -0.39 is 11.5 Å². The number of carbonyl (C=O) groups excluding carboxylic acids is 1. The van der Waals surface area contributed by atoms with Crippen LogP contribution < -0.4 is 0 Å². The van der Waals surface area contributed by atoms with Crippen molar-refractivity contribution in [3.8, 4) is 0 Å². The topological polar surface area (TPSA) is 26.3 Å². The molecule has 0 N–H and O–H groups in total. The van der Waals surface area contributed by atoms with Crippen LogP contribution in [-0.2, 0) is 9.53 Å². The Hall–Kier alpha value is -1.03. The van der Waals surface area contributed by atoms with E-state index in [4.69, 9.17) is 0 Å². The predicted octanol–water partition coefficient (Wildman–Crippen LogP) is 2.64. The van der Waals surface area contributed by atoms with Crippen molar-refractivity contribution in [3.05, 3.63) is 30.3 Å². The molecule has 76 valence electrons. The summed E-state index contributed by atoms with van der Waals surface area (Å²) in [5.74, 6) is -0.818. The van der Waals surface area contributed by atoms with Crippen molar-refractivity contribution < 1.29 is 13.9 Å². The monoisotopic (exact) mass is 214 g/mol. The Morgan fingerprint density at radius 3 is 2.71 bits per heavy atom. The van der Waals surface area contributed by atoms with Crippen LogP contribution in [0.15, 0.2) is 35.2 Å². The first-order chi connectivity index (χ1) is 6.74. The summed E-state index contributed by atoms with van der Waals surface area (Å²) in [5.41, 5.74) is -1.64. The van der Waals surface area contributed by atoms with E-state index in [2.05, 4.69) is 4.74 Å². The minimum atomic E-state index is -1.64. The Morgan fingerprint density at radius 1 is 1.50 bits per heavy atom. The minimum Gasteiger partial charge on any atom is -0.463 e. The summed E-state index contributed by atoms with van der Waals surface area (Å²) < 4.78 is 17.7. The lowest BCUT2D eigenvalue weighted by molar-refractivity contribution is -0.145. The Labute approximate surface area is 86.5 Å². The maximum atomic E-state index is 13.2. The summed E-state index contributed by atoms with van der Waals surface area (Å²) >= 11 is 0.850. The summed E-state index contributed by atoms with van der Waals surface area (Å²) in [6.45, 7) is 1.85. The number of thioether (sulfide) groups is 1. The molecule has 0 amide bonds. The molecule has 0 aliphatic rings. The van der Waals surface area contributed by atoms with Gasteiger partial charge in [0.25, 0.3) is 0 Å². The van der Waals surface area contributed by atoms with Crippen molar-refractivity contribution in [1.29, 1.82) is 0 Å². The fourth-order valence-corrected chi connectivity index (χ4v) is 1.59. The maximum Gasteiger partial charge on any atom is 0.351 e. The molecule has 1 aromatic rings. The second-order valence-corrected chi connectivity index (χ2v) is 3.62. The van der Waals surface area contributed by atoms with Crippen LogP contribution in [0.4, 0.5) is 4.39 Å². The molecular formula is C10H11FO2S. The van der Waals surface area contributed by atoms with E-state index in [-0.39, 0.29) is 6.61 Å². The van der Waals surface area contributed by atoms with Crippen LogP contribution >= 0.6 is 11.8 Å². The lowest BCUT2D eigenvalue weighted by atomic mass is 10.4. The Morgan fingerprint density at radius 2 is 2.14 bits per heavy atom. The van der Waals surface area contributed by atoms with Crippen LogP contribution in [-0.4, -0.2) is 18.1 Å². The first-order valence-corrected chi connectivity index (χ1v) is 5.14. The highest BCUT2D eigenvalue weighted by Gasteiger charge is 2.19. The van der Waals surface area contributed by atoms with Gasteiger partial charge in [-0.15, -0.1) is 0 Å². The van der Waals surface area contributed by atoms with Crippen LogP contribution in [0.1, 0.15) is 6.92 Å². The standard InChI is InChI=1S/C10H11FO2S/c1-2-13-10(12)9(11)14-8-6-4-3-5-7-8/h3-7,9H,2H2,1H3/t9-/m0/s1. The average molecular weight is 214 g/mol. The maximum absolute atomic E-state index is 13.2. The number of alkyl halides is 1. The van der Waals surface area contributed by atoms with E-state index in [1.807, 2.05) is 6.07 Å². The van der Waals surface area contributed by atoms with E-state index >= 15 is 0 Å². The number of carbonyl (C=O) groups is 1. The van der Waals surface area contributed by atoms with Gasteiger partial charge in [-0.1, -0.05) is 30.0 Å². The van der Waals surface area contributed by atoms with Gasteiger partial charge in [-0.2, -0.15) is 0 Å². The van der Waals surface area contributed by atoms with Gasteiger partial charge in [0, 0.05) is 4.90 Å². The van der Waals surface area contributed by atoms with Crippen LogP contribution in [0.25, 0.3) is 0 Å². The van der Waals surface area contributed by atoms with Crippen LogP contribution in [0.3, 0.4) is 0 Å². The average Bonchev–Trinajstić information content (AvgIpc) is 2.19. The van der Waals surface area contributed by atoms with Gasteiger partial charge in [0.1, 0.15) is 0 Å². The van der Waals surface area contributed by atoms with Gasteiger partial charge in [-0.3, -0.25) is 0 Å². The molecule has 0 unspecified atom stereocenters. The van der Waals surface area contributed by atoms with Gasteiger partial charge in [-0.25, -0.2) is 9.18 Å². The molecule has 0 fully saturated rings. The number of hydrogen-bond acceptors (Lipinski definition) is 3. The Balaban J connectivity index is 2.49. The molecule has 1 aromatic carbocycles. The zero-order valence-electron chi connectivity index (χ0n) is 7.77. The number of esters is 1. The smallest absolute Gasteiger partial charge is 0.351 e. The number of benzene rings is 1. The molecule has 0 saturated heterocycles. The summed E-state index contributed by atoms with van der Waals surface area (Å²) in [4.78, 5) is 11.6. The van der Waals surface area contributed by atoms with Crippen LogP contribution in [0.5, 0.6) is 0 Å². The minimum absolute atomic E-state index is 0.203. The van der Waals surface area contributed by atoms with E-state index in [1.165, 1.54) is 0 Å². The molecule has 0 saturated carbocycles. The van der Waals surface area contributed by atoms with Gasteiger partial charge in [-0.05, 0) is 19.1 Å². The first-order valence-electron chi connectivity index (χ1n) is 4.26. The van der Waals surface area contributed by atoms with Crippen molar-refractivity contribution in [2.24, 2.45) is 0 Å². The molecule has 0 aromatic heterocycles. The first kappa shape index (κ1) is 11.0. The SMILES string of the molecule is CCOC(=O)[C@@H](F)Sc1ccccc1. The number of ether oxygens (including phenoxy) is 1. The van der Waals surface area contributed by atoms with E-state index in [0.29, 0.717) is 4.90 Å². The highest BCUT2D eigenvalue weighted by molar-refractivity contribution is 8.00. The summed E-state index contributed by atoms with van der Waals surface area (Å²) in [6, 6.07) is 8.91. The highest BCUT2D eigenvalue weighted by atomic mass is 32.2. The molecule has 1 atom stereocenters. The summed E-state index contributed by atoms with van der Waals surface area (Å²) in [6.07, 6.45) is 0. The summed E-state index contributed by atoms with van der Waals surface area (Å²) in [5, 5.41) is 0. The largest absolute Gasteiger partial charge is 0.463 e. The lowest BCUT2D eigenvalue weighted by Crippen LogP contribution is -2.15. The second kappa shape index (κ2) is 5.65. The normalized spacial score (nSPS) is 12.1. The third kappa shape index (κ3) is 3.38. The number of hydrogen-bond donors (Lipinski definition) is 0. The van der Waals surface area contributed by atoms with Gasteiger partial charge in [0.15, 0.2) is 0 Å². The lowest BCUT2D eigenvalue weighted by Gasteiger charge is -2.06. The molecule has 2 nitrogen and oxygen atoms in total. The highest BCUT2D eigenvalue weighted by Crippen LogP contribution is 2.24. The van der Waals surface area contributed by atoms with E-state index in [9.17, 15) is 9.18 Å². The second-order valence-electron chi connectivity index (χ2n) is 2.50. The molecule has 0 aliphatic carbocycles. The molecule has 1 rings (SSSR count). The van der Waals surface area contributed by atoms with Gasteiger partial charge < -0.3 is 4.74 Å². The van der Waals surface area contributed by atoms with Gasteiger partial charge >= 0.3 is 5.97 Å². The van der Waals surface area contributed by atoms with Crippen LogP contribution in [0.2, 0.25) is 0 Å².